The number of aryl methyl sites for hydroxylation is 1. The van der Waals surface area contributed by atoms with Gasteiger partial charge in [-0.15, -0.1) is 0 Å². The Balaban J connectivity index is 1.53. The molecule has 4 rings (SSSR count). The SMILES string of the molecule is Cc1ccc(OCC(=O)Oc2ccc3c(c2)OC(N)=C(C#N)C3c2ccc(Cl)cc2)cc1. The number of ether oxygens (including phenoxy) is 3. The summed E-state index contributed by atoms with van der Waals surface area (Å²) in [6.45, 7) is 1.73. The van der Waals surface area contributed by atoms with Crippen molar-refractivity contribution in [1.29, 1.82) is 5.26 Å². The third kappa shape index (κ3) is 4.53. The fourth-order valence-corrected chi connectivity index (χ4v) is 3.56. The quantitative estimate of drug-likeness (QED) is 0.444. The number of halogens is 1. The highest BCUT2D eigenvalue weighted by molar-refractivity contribution is 6.30. The van der Waals surface area contributed by atoms with Gasteiger partial charge in [0.05, 0.1) is 5.92 Å². The van der Waals surface area contributed by atoms with Gasteiger partial charge in [-0.25, -0.2) is 4.79 Å². The molecule has 2 N–H and O–H groups in total. The highest BCUT2D eigenvalue weighted by Crippen LogP contribution is 2.43. The maximum Gasteiger partial charge on any atom is 0.349 e. The Morgan fingerprint density at radius 2 is 1.78 bits per heavy atom. The van der Waals surface area contributed by atoms with Crippen LogP contribution < -0.4 is 19.9 Å². The second-order valence-electron chi connectivity index (χ2n) is 7.25. The first-order chi connectivity index (χ1) is 15.4. The zero-order valence-corrected chi connectivity index (χ0v) is 17.9. The summed E-state index contributed by atoms with van der Waals surface area (Å²) < 4.78 is 16.5. The van der Waals surface area contributed by atoms with Crippen LogP contribution in [0.3, 0.4) is 0 Å². The molecule has 1 unspecified atom stereocenters. The van der Waals surface area contributed by atoms with Gasteiger partial charge in [0, 0.05) is 16.7 Å². The van der Waals surface area contributed by atoms with Gasteiger partial charge in [0.15, 0.2) is 6.61 Å². The first-order valence-corrected chi connectivity index (χ1v) is 10.2. The molecular formula is C25H19ClN2O4. The fraction of sp³-hybridized carbons (Fsp3) is 0.120. The van der Waals surface area contributed by atoms with Gasteiger partial charge in [0.2, 0.25) is 5.88 Å². The number of nitrogens with zero attached hydrogens (tertiary/aromatic N) is 1. The number of hydrogen-bond donors (Lipinski definition) is 1. The predicted octanol–water partition coefficient (Wildman–Crippen LogP) is 4.85. The van der Waals surface area contributed by atoms with Gasteiger partial charge < -0.3 is 19.9 Å². The van der Waals surface area contributed by atoms with Crippen molar-refractivity contribution >= 4 is 17.6 Å². The molecule has 0 radical (unpaired) electrons. The van der Waals surface area contributed by atoms with Gasteiger partial charge in [0.1, 0.15) is 28.9 Å². The van der Waals surface area contributed by atoms with Crippen molar-refractivity contribution in [2.24, 2.45) is 5.73 Å². The van der Waals surface area contributed by atoms with Crippen LogP contribution in [0.2, 0.25) is 5.02 Å². The maximum atomic E-state index is 12.2. The minimum absolute atomic E-state index is 0.00568. The van der Waals surface area contributed by atoms with E-state index in [4.69, 9.17) is 31.5 Å². The van der Waals surface area contributed by atoms with Crippen molar-refractivity contribution in [2.75, 3.05) is 6.61 Å². The van der Waals surface area contributed by atoms with Crippen LogP contribution in [0.4, 0.5) is 0 Å². The molecule has 0 saturated carbocycles. The molecular weight excluding hydrogens is 428 g/mol. The van der Waals surface area contributed by atoms with Gasteiger partial charge in [-0.05, 0) is 42.8 Å². The third-order valence-corrected chi connectivity index (χ3v) is 5.26. The van der Waals surface area contributed by atoms with Crippen LogP contribution in [0.1, 0.15) is 22.6 Å². The average Bonchev–Trinajstić information content (AvgIpc) is 2.78. The molecule has 0 fully saturated rings. The normalized spacial score (nSPS) is 14.7. The zero-order valence-electron chi connectivity index (χ0n) is 17.2. The number of esters is 1. The average molecular weight is 447 g/mol. The van der Waals surface area contributed by atoms with E-state index in [1.165, 1.54) is 0 Å². The fourth-order valence-electron chi connectivity index (χ4n) is 3.44. The number of hydrogen-bond acceptors (Lipinski definition) is 6. The van der Waals surface area contributed by atoms with Crippen LogP contribution in [0.25, 0.3) is 0 Å². The molecule has 160 valence electrons. The lowest BCUT2D eigenvalue weighted by Gasteiger charge is -2.26. The minimum Gasteiger partial charge on any atom is -0.482 e. The molecule has 0 saturated heterocycles. The molecule has 0 amide bonds. The first-order valence-electron chi connectivity index (χ1n) is 9.82. The summed E-state index contributed by atoms with van der Waals surface area (Å²) in [6.07, 6.45) is 0. The Kier molecular flexibility index (Phi) is 6.02. The van der Waals surface area contributed by atoms with Crippen LogP contribution in [0.15, 0.2) is 78.2 Å². The molecule has 1 heterocycles. The monoisotopic (exact) mass is 446 g/mol. The number of rotatable bonds is 5. The predicted molar refractivity (Wildman–Crippen MR) is 120 cm³/mol. The van der Waals surface area contributed by atoms with Crippen LogP contribution in [-0.2, 0) is 4.79 Å². The van der Waals surface area contributed by atoms with E-state index in [0.717, 1.165) is 16.7 Å². The summed E-state index contributed by atoms with van der Waals surface area (Å²) in [5, 5.41) is 10.2. The molecule has 1 atom stereocenters. The molecule has 0 bridgehead atoms. The van der Waals surface area contributed by atoms with Crippen molar-refractivity contribution in [3.8, 4) is 23.3 Å². The van der Waals surface area contributed by atoms with E-state index >= 15 is 0 Å². The lowest BCUT2D eigenvalue weighted by atomic mass is 9.83. The number of allylic oxidation sites excluding steroid dienone is 1. The van der Waals surface area contributed by atoms with Gasteiger partial charge in [0.25, 0.3) is 0 Å². The second-order valence-corrected chi connectivity index (χ2v) is 7.69. The smallest absolute Gasteiger partial charge is 0.349 e. The Morgan fingerprint density at radius 3 is 2.47 bits per heavy atom. The largest absolute Gasteiger partial charge is 0.482 e. The Labute approximate surface area is 190 Å². The van der Waals surface area contributed by atoms with Crippen LogP contribution >= 0.6 is 11.6 Å². The number of nitriles is 1. The van der Waals surface area contributed by atoms with Gasteiger partial charge in [-0.3, -0.25) is 0 Å². The molecule has 6 nitrogen and oxygen atoms in total. The molecule has 1 aliphatic rings. The summed E-state index contributed by atoms with van der Waals surface area (Å²) >= 11 is 6.01. The van der Waals surface area contributed by atoms with Crippen molar-refractivity contribution in [2.45, 2.75) is 12.8 Å². The van der Waals surface area contributed by atoms with Crippen LogP contribution in [0, 0.1) is 18.3 Å². The Bertz CT molecular complexity index is 1230. The highest BCUT2D eigenvalue weighted by atomic mass is 35.5. The number of benzene rings is 3. The lowest BCUT2D eigenvalue weighted by molar-refractivity contribution is -0.136. The number of carbonyl (C=O) groups excluding carboxylic acids is 1. The topological polar surface area (TPSA) is 94.6 Å². The standard InChI is InChI=1S/C25H19ClN2O4/c1-15-2-8-18(9-3-15)30-14-23(29)31-19-10-11-20-22(12-19)32-25(28)21(13-27)24(20)16-4-6-17(26)7-5-16/h2-12,24H,14,28H2,1H3. The second kappa shape index (κ2) is 9.04. The van der Waals surface area contributed by atoms with E-state index in [0.29, 0.717) is 22.1 Å². The molecule has 0 aromatic heterocycles. The first kappa shape index (κ1) is 21.3. The van der Waals surface area contributed by atoms with Crippen molar-refractivity contribution in [1.82, 2.24) is 0 Å². The minimum atomic E-state index is -0.559. The molecule has 3 aromatic carbocycles. The molecule has 0 aliphatic carbocycles. The number of nitrogens with two attached hydrogens (primary N) is 1. The van der Waals surface area contributed by atoms with Crippen molar-refractivity contribution in [3.63, 3.8) is 0 Å². The highest BCUT2D eigenvalue weighted by Gasteiger charge is 2.31. The van der Waals surface area contributed by atoms with Gasteiger partial charge in [-0.1, -0.05) is 47.5 Å². The summed E-state index contributed by atoms with van der Waals surface area (Å²) in [4.78, 5) is 12.2. The summed E-state index contributed by atoms with van der Waals surface area (Å²) in [6, 6.07) is 21.6. The zero-order chi connectivity index (χ0) is 22.7. The third-order valence-electron chi connectivity index (χ3n) is 5.00. The van der Waals surface area contributed by atoms with E-state index in [1.807, 2.05) is 31.2 Å². The van der Waals surface area contributed by atoms with E-state index in [1.54, 1.807) is 42.5 Å². The lowest BCUT2D eigenvalue weighted by Crippen LogP contribution is -2.21. The molecule has 32 heavy (non-hydrogen) atoms. The number of fused-ring (bicyclic) bond motifs is 1. The van der Waals surface area contributed by atoms with E-state index in [-0.39, 0.29) is 18.2 Å². The summed E-state index contributed by atoms with van der Waals surface area (Å²) in [5.74, 6) is 0.295. The van der Waals surface area contributed by atoms with Gasteiger partial charge in [-0.2, -0.15) is 5.26 Å². The van der Waals surface area contributed by atoms with Crippen molar-refractivity contribution in [3.05, 3.63) is 99.9 Å². The van der Waals surface area contributed by atoms with Crippen LogP contribution in [-0.4, -0.2) is 12.6 Å². The molecule has 3 aromatic rings. The Hall–Kier alpha value is -3.95. The molecule has 7 heteroatoms. The summed E-state index contributed by atoms with van der Waals surface area (Å²) in [7, 11) is 0. The van der Waals surface area contributed by atoms with Crippen LogP contribution in [0.5, 0.6) is 17.2 Å². The Morgan fingerprint density at radius 1 is 1.09 bits per heavy atom. The van der Waals surface area contributed by atoms with E-state index in [2.05, 4.69) is 6.07 Å². The van der Waals surface area contributed by atoms with Gasteiger partial charge >= 0.3 is 5.97 Å². The summed E-state index contributed by atoms with van der Waals surface area (Å²) in [5.41, 5.74) is 8.99. The van der Waals surface area contributed by atoms with E-state index < -0.39 is 11.9 Å². The maximum absolute atomic E-state index is 12.2. The molecule has 0 spiro atoms. The number of carbonyl (C=O) groups is 1. The van der Waals surface area contributed by atoms with E-state index in [9.17, 15) is 10.1 Å². The molecule has 1 aliphatic heterocycles. The van der Waals surface area contributed by atoms with Crippen molar-refractivity contribution < 1.29 is 19.0 Å².